The molecule has 1 aromatic heterocycles. The van der Waals surface area contributed by atoms with Crippen LogP contribution in [0.15, 0.2) is 42.5 Å². The van der Waals surface area contributed by atoms with Crippen LogP contribution < -0.4 is 4.90 Å². The van der Waals surface area contributed by atoms with E-state index in [1.807, 2.05) is 36.4 Å². The first-order valence-corrected chi connectivity index (χ1v) is 8.94. The third-order valence-corrected chi connectivity index (χ3v) is 5.52. The largest absolute Gasteiger partial charge is 0.300 e. The van der Waals surface area contributed by atoms with E-state index in [1.54, 1.807) is 4.90 Å². The Morgan fingerprint density at radius 1 is 0.920 bits per heavy atom. The highest BCUT2D eigenvalue weighted by Crippen LogP contribution is 2.37. The number of hydrogen-bond donors (Lipinski definition) is 0. The van der Waals surface area contributed by atoms with E-state index in [0.29, 0.717) is 11.4 Å². The summed E-state index contributed by atoms with van der Waals surface area (Å²) in [4.78, 5) is 31.7. The van der Waals surface area contributed by atoms with Gasteiger partial charge >= 0.3 is 5.91 Å². The summed E-state index contributed by atoms with van der Waals surface area (Å²) in [5.41, 5.74) is 1.32. The van der Waals surface area contributed by atoms with E-state index in [9.17, 15) is 9.59 Å². The molecule has 0 unspecified atom stereocenters. The lowest BCUT2D eigenvalue weighted by atomic mass is 9.94. The van der Waals surface area contributed by atoms with Gasteiger partial charge < -0.3 is 0 Å². The van der Waals surface area contributed by atoms with E-state index in [2.05, 4.69) is 6.07 Å². The minimum Gasteiger partial charge on any atom is -0.286 e. The summed E-state index contributed by atoms with van der Waals surface area (Å²) in [6.07, 6.45) is 5.32. The quantitative estimate of drug-likeness (QED) is 0.495. The molecule has 2 aliphatic rings. The second-order valence-electron chi connectivity index (χ2n) is 7.01. The van der Waals surface area contributed by atoms with E-state index >= 15 is 0 Å². The Kier molecular flexibility index (Phi) is 3.14. The van der Waals surface area contributed by atoms with Crippen LogP contribution >= 0.6 is 0 Å². The van der Waals surface area contributed by atoms with Gasteiger partial charge in [0, 0.05) is 16.8 Å². The maximum absolute atomic E-state index is 12.6. The van der Waals surface area contributed by atoms with Crippen LogP contribution in [-0.2, 0) is 4.79 Å². The van der Waals surface area contributed by atoms with Crippen molar-refractivity contribution in [2.24, 2.45) is 0 Å². The van der Waals surface area contributed by atoms with Crippen molar-refractivity contribution in [1.29, 1.82) is 0 Å². The second kappa shape index (κ2) is 5.38. The van der Waals surface area contributed by atoms with Gasteiger partial charge in [0.15, 0.2) is 0 Å². The molecule has 2 aromatic carbocycles. The van der Waals surface area contributed by atoms with Gasteiger partial charge in [0.2, 0.25) is 0 Å². The number of carbonyl (C=O) groups excluding carboxylic acids is 2. The highest BCUT2D eigenvalue weighted by Gasteiger charge is 2.41. The van der Waals surface area contributed by atoms with Gasteiger partial charge in [-0.2, -0.15) is 0 Å². The number of nitrogens with zero attached hydrogens (tertiary/aromatic N) is 2. The fraction of sp³-hybridized carbons (Fsp3) is 0.286. The normalized spacial score (nSPS) is 18.3. The van der Waals surface area contributed by atoms with Gasteiger partial charge in [-0.15, -0.1) is 0 Å². The van der Waals surface area contributed by atoms with Gasteiger partial charge in [0.25, 0.3) is 5.78 Å². The number of ketones is 1. The Labute approximate surface area is 145 Å². The van der Waals surface area contributed by atoms with Gasteiger partial charge in [0.1, 0.15) is 5.82 Å². The maximum Gasteiger partial charge on any atom is 0.300 e. The van der Waals surface area contributed by atoms with Crippen LogP contribution in [0, 0.1) is 0 Å². The lowest BCUT2D eigenvalue weighted by Crippen LogP contribution is -2.41. The first kappa shape index (κ1) is 14.6. The number of carbonyl (C=O) groups is 2. The SMILES string of the molecule is O=C1C(=O)N(C2CCCCC2)c2nc3c(ccc4ccccc43)cc21. The third-order valence-electron chi connectivity index (χ3n) is 5.52. The smallest absolute Gasteiger partial charge is 0.286 e. The molecule has 0 N–H and O–H groups in total. The molecule has 5 rings (SSSR count). The number of aromatic nitrogens is 1. The van der Waals surface area contributed by atoms with Gasteiger partial charge in [0.05, 0.1) is 11.1 Å². The van der Waals surface area contributed by atoms with Crippen molar-refractivity contribution >= 4 is 39.2 Å². The molecule has 3 aromatic rings. The Morgan fingerprint density at radius 3 is 2.52 bits per heavy atom. The van der Waals surface area contributed by atoms with E-state index in [-0.39, 0.29) is 6.04 Å². The molecule has 0 spiro atoms. The molecule has 0 atom stereocenters. The van der Waals surface area contributed by atoms with Gasteiger partial charge in [-0.05, 0) is 24.3 Å². The summed E-state index contributed by atoms with van der Waals surface area (Å²) < 4.78 is 0. The number of rotatable bonds is 1. The van der Waals surface area contributed by atoms with Gasteiger partial charge in [-0.1, -0.05) is 55.7 Å². The standard InChI is InChI=1S/C21H18N2O2/c24-19-17-12-14-11-10-13-6-4-5-9-16(13)18(14)22-20(17)23(21(19)25)15-7-2-1-3-8-15/h4-6,9-12,15H,1-3,7-8H2. The van der Waals surface area contributed by atoms with Gasteiger partial charge in [-0.3, -0.25) is 14.5 Å². The molecule has 0 saturated heterocycles. The molecule has 124 valence electrons. The fourth-order valence-corrected chi connectivity index (χ4v) is 4.25. The number of fused-ring (bicyclic) bond motifs is 4. The molecule has 25 heavy (non-hydrogen) atoms. The molecule has 2 heterocycles. The highest BCUT2D eigenvalue weighted by molar-refractivity contribution is 6.52. The van der Waals surface area contributed by atoms with Crippen molar-refractivity contribution in [3.8, 4) is 0 Å². The Morgan fingerprint density at radius 2 is 1.68 bits per heavy atom. The summed E-state index contributed by atoms with van der Waals surface area (Å²) in [5, 5.41) is 3.07. The highest BCUT2D eigenvalue weighted by atomic mass is 16.2. The number of pyridine rings is 1. The summed E-state index contributed by atoms with van der Waals surface area (Å²) in [5.74, 6) is -0.261. The summed E-state index contributed by atoms with van der Waals surface area (Å²) in [6, 6.07) is 14.0. The number of anilines is 1. The summed E-state index contributed by atoms with van der Waals surface area (Å²) >= 11 is 0. The fourth-order valence-electron chi connectivity index (χ4n) is 4.25. The van der Waals surface area contributed by atoms with Crippen molar-refractivity contribution in [3.63, 3.8) is 0 Å². The van der Waals surface area contributed by atoms with Crippen LogP contribution in [0.5, 0.6) is 0 Å². The average molecular weight is 330 g/mol. The van der Waals surface area contributed by atoms with E-state index in [1.165, 1.54) is 6.42 Å². The number of hydrogen-bond acceptors (Lipinski definition) is 3. The molecule has 0 radical (unpaired) electrons. The predicted octanol–water partition coefficient (Wildman–Crippen LogP) is 4.25. The lowest BCUT2D eigenvalue weighted by molar-refractivity contribution is -0.114. The molecule has 1 amide bonds. The molecule has 4 heteroatoms. The summed E-state index contributed by atoms with van der Waals surface area (Å²) in [6.45, 7) is 0. The number of benzene rings is 2. The van der Waals surface area contributed by atoms with Crippen molar-refractivity contribution < 1.29 is 9.59 Å². The minimum atomic E-state index is -0.414. The predicted molar refractivity (Wildman–Crippen MR) is 97.9 cm³/mol. The minimum absolute atomic E-state index is 0.103. The van der Waals surface area contributed by atoms with E-state index in [0.717, 1.165) is 47.4 Å². The van der Waals surface area contributed by atoms with E-state index < -0.39 is 11.7 Å². The topological polar surface area (TPSA) is 50.3 Å². The maximum atomic E-state index is 12.6. The lowest BCUT2D eigenvalue weighted by Gasteiger charge is -2.30. The van der Waals surface area contributed by atoms with E-state index in [4.69, 9.17) is 4.98 Å². The van der Waals surface area contributed by atoms with Crippen molar-refractivity contribution in [3.05, 3.63) is 48.0 Å². The first-order chi connectivity index (χ1) is 12.2. The zero-order valence-electron chi connectivity index (χ0n) is 13.9. The van der Waals surface area contributed by atoms with Crippen LogP contribution in [0.2, 0.25) is 0 Å². The van der Waals surface area contributed by atoms with Crippen LogP contribution in [0.1, 0.15) is 42.5 Å². The third kappa shape index (κ3) is 2.10. The van der Waals surface area contributed by atoms with Crippen molar-refractivity contribution in [1.82, 2.24) is 4.98 Å². The molecule has 1 aliphatic heterocycles. The van der Waals surface area contributed by atoms with Crippen LogP contribution in [0.25, 0.3) is 21.7 Å². The number of amides is 1. The molecular weight excluding hydrogens is 312 g/mol. The van der Waals surface area contributed by atoms with Crippen LogP contribution in [0.4, 0.5) is 5.82 Å². The molecular formula is C21H18N2O2. The first-order valence-electron chi connectivity index (χ1n) is 8.94. The Bertz CT molecular complexity index is 1030. The summed E-state index contributed by atoms with van der Waals surface area (Å²) in [7, 11) is 0. The average Bonchev–Trinajstić information content (AvgIpc) is 2.91. The van der Waals surface area contributed by atoms with Crippen LogP contribution in [0.3, 0.4) is 0 Å². The second-order valence-corrected chi connectivity index (χ2v) is 7.01. The molecule has 1 saturated carbocycles. The zero-order valence-corrected chi connectivity index (χ0v) is 13.9. The van der Waals surface area contributed by atoms with Crippen molar-refractivity contribution in [2.45, 2.75) is 38.1 Å². The van der Waals surface area contributed by atoms with Gasteiger partial charge in [-0.25, -0.2) is 4.98 Å². The molecule has 1 aliphatic carbocycles. The Balaban J connectivity index is 1.75. The number of Topliss-reactive ketones (excluding diaryl/α,β-unsaturated/α-hetero) is 1. The van der Waals surface area contributed by atoms with Crippen LogP contribution in [-0.4, -0.2) is 22.7 Å². The molecule has 4 nitrogen and oxygen atoms in total. The monoisotopic (exact) mass is 330 g/mol. The molecule has 0 bridgehead atoms. The molecule has 1 fully saturated rings. The zero-order chi connectivity index (χ0) is 17.0. The Hall–Kier alpha value is -2.75. The van der Waals surface area contributed by atoms with Crippen molar-refractivity contribution in [2.75, 3.05) is 4.90 Å².